The third kappa shape index (κ3) is 4.15. The van der Waals surface area contributed by atoms with Crippen molar-refractivity contribution in [3.63, 3.8) is 0 Å². The van der Waals surface area contributed by atoms with E-state index in [9.17, 15) is 13.5 Å². The number of rotatable bonds is 4. The van der Waals surface area contributed by atoms with E-state index in [-0.39, 0.29) is 10.3 Å². The van der Waals surface area contributed by atoms with Gasteiger partial charge in [0.1, 0.15) is 4.21 Å². The molecule has 0 bridgehead atoms. The molecule has 0 spiro atoms. The smallest absolute Gasteiger partial charge is 0.250 e. The van der Waals surface area contributed by atoms with Crippen molar-refractivity contribution in [2.24, 2.45) is 5.92 Å². The first kappa shape index (κ1) is 15.7. The summed E-state index contributed by atoms with van der Waals surface area (Å²) in [6.07, 6.45) is 3.00. The highest BCUT2D eigenvalue weighted by molar-refractivity contribution is 9.11. The standard InChI is InChI=1S/C11H15BrClNO3S2/c12-11-9(13)5-10(18-11)19(16,17)14-6-7-1-3-8(15)4-2-7/h5,7-8,14-15H,1-4,6H2. The topological polar surface area (TPSA) is 66.4 Å². The molecule has 0 unspecified atom stereocenters. The summed E-state index contributed by atoms with van der Waals surface area (Å²) >= 11 is 10.2. The van der Waals surface area contributed by atoms with E-state index in [0.717, 1.165) is 37.0 Å². The second kappa shape index (κ2) is 6.41. The van der Waals surface area contributed by atoms with Crippen molar-refractivity contribution in [1.29, 1.82) is 0 Å². The number of hydrogen-bond donors (Lipinski definition) is 2. The molecule has 0 amide bonds. The van der Waals surface area contributed by atoms with Crippen LogP contribution in [0.3, 0.4) is 0 Å². The van der Waals surface area contributed by atoms with Crippen LogP contribution in [0.2, 0.25) is 5.02 Å². The van der Waals surface area contributed by atoms with Gasteiger partial charge in [0.2, 0.25) is 10.0 Å². The van der Waals surface area contributed by atoms with Gasteiger partial charge in [0.25, 0.3) is 0 Å². The maximum Gasteiger partial charge on any atom is 0.250 e. The summed E-state index contributed by atoms with van der Waals surface area (Å²) in [5, 5.41) is 9.82. The summed E-state index contributed by atoms with van der Waals surface area (Å²) in [5.74, 6) is 0.303. The zero-order valence-corrected chi connectivity index (χ0v) is 14.1. The SMILES string of the molecule is O=S(=O)(NCC1CCC(O)CC1)c1cc(Cl)c(Br)s1. The number of nitrogens with one attached hydrogen (secondary N) is 1. The second-order valence-electron chi connectivity index (χ2n) is 4.71. The van der Waals surface area contributed by atoms with Crippen molar-refractivity contribution in [2.45, 2.75) is 36.0 Å². The maximum absolute atomic E-state index is 12.1. The number of hydrogen-bond acceptors (Lipinski definition) is 4. The number of halogens is 2. The Balaban J connectivity index is 1.94. The highest BCUT2D eigenvalue weighted by atomic mass is 79.9. The third-order valence-corrected chi connectivity index (χ3v) is 7.64. The molecule has 19 heavy (non-hydrogen) atoms. The van der Waals surface area contributed by atoms with Gasteiger partial charge in [-0.2, -0.15) is 0 Å². The summed E-state index contributed by atoms with van der Waals surface area (Å²) in [7, 11) is -3.48. The fourth-order valence-corrected chi connectivity index (χ4v) is 5.67. The van der Waals surface area contributed by atoms with Crippen LogP contribution in [0.4, 0.5) is 0 Å². The molecule has 1 aliphatic rings. The minimum absolute atomic E-state index is 0.222. The minimum atomic E-state index is -3.48. The first-order valence-electron chi connectivity index (χ1n) is 6.01. The Hall–Kier alpha value is 0.340. The lowest BCUT2D eigenvalue weighted by Crippen LogP contribution is -2.31. The molecule has 108 valence electrons. The molecular weight excluding hydrogens is 374 g/mol. The van der Waals surface area contributed by atoms with Gasteiger partial charge in [-0.1, -0.05) is 11.6 Å². The summed E-state index contributed by atoms with van der Waals surface area (Å²) in [6.45, 7) is 0.419. The zero-order chi connectivity index (χ0) is 14.0. The average molecular weight is 389 g/mol. The van der Waals surface area contributed by atoms with Crippen LogP contribution in [-0.4, -0.2) is 26.2 Å². The molecule has 8 heteroatoms. The Morgan fingerprint density at radius 1 is 1.42 bits per heavy atom. The average Bonchev–Trinajstić information content (AvgIpc) is 2.70. The Labute approximate surface area is 130 Å². The van der Waals surface area contributed by atoms with Gasteiger partial charge in [0, 0.05) is 6.54 Å². The zero-order valence-electron chi connectivity index (χ0n) is 10.1. The quantitative estimate of drug-likeness (QED) is 0.833. The molecule has 1 aromatic rings. The fourth-order valence-electron chi connectivity index (χ4n) is 2.11. The van der Waals surface area contributed by atoms with Crippen LogP contribution in [0.1, 0.15) is 25.7 Å². The van der Waals surface area contributed by atoms with Crippen LogP contribution >= 0.6 is 38.9 Å². The molecule has 1 fully saturated rings. The molecule has 1 aromatic heterocycles. The number of aliphatic hydroxyl groups excluding tert-OH is 1. The Morgan fingerprint density at radius 2 is 2.05 bits per heavy atom. The van der Waals surface area contributed by atoms with Gasteiger partial charge in [0.15, 0.2) is 0 Å². The number of sulfonamides is 1. The van der Waals surface area contributed by atoms with Gasteiger partial charge in [-0.25, -0.2) is 13.1 Å². The Kier molecular flexibility index (Phi) is 5.30. The number of aliphatic hydroxyl groups is 1. The van der Waals surface area contributed by atoms with Gasteiger partial charge in [-0.15, -0.1) is 11.3 Å². The molecule has 2 N–H and O–H groups in total. The van der Waals surface area contributed by atoms with E-state index >= 15 is 0 Å². The molecule has 0 atom stereocenters. The molecule has 2 rings (SSSR count). The van der Waals surface area contributed by atoms with E-state index in [1.54, 1.807) is 0 Å². The van der Waals surface area contributed by atoms with E-state index < -0.39 is 10.0 Å². The highest BCUT2D eigenvalue weighted by Gasteiger charge is 2.23. The van der Waals surface area contributed by atoms with E-state index in [1.165, 1.54) is 6.07 Å². The van der Waals surface area contributed by atoms with Crippen LogP contribution < -0.4 is 4.72 Å². The molecule has 1 heterocycles. The van der Waals surface area contributed by atoms with Gasteiger partial charge in [-0.05, 0) is 53.6 Å². The van der Waals surface area contributed by atoms with Crippen LogP contribution in [0.5, 0.6) is 0 Å². The van der Waals surface area contributed by atoms with Crippen molar-refractivity contribution < 1.29 is 13.5 Å². The van der Waals surface area contributed by atoms with Crippen LogP contribution in [0.25, 0.3) is 0 Å². The summed E-state index contributed by atoms with van der Waals surface area (Å²) < 4.78 is 27.6. The van der Waals surface area contributed by atoms with Crippen molar-refractivity contribution in [2.75, 3.05) is 6.54 Å². The first-order valence-corrected chi connectivity index (χ1v) is 9.48. The first-order chi connectivity index (χ1) is 8.88. The Bertz CT molecular complexity index is 519. The maximum atomic E-state index is 12.1. The molecule has 1 saturated carbocycles. The molecule has 0 aliphatic heterocycles. The van der Waals surface area contributed by atoms with Crippen molar-refractivity contribution in [3.05, 3.63) is 14.9 Å². The molecular formula is C11H15BrClNO3S2. The second-order valence-corrected chi connectivity index (χ2v) is 9.48. The summed E-state index contributed by atoms with van der Waals surface area (Å²) in [4.78, 5) is 0. The molecule has 0 aromatic carbocycles. The Morgan fingerprint density at radius 3 is 2.58 bits per heavy atom. The monoisotopic (exact) mass is 387 g/mol. The van der Waals surface area contributed by atoms with Gasteiger partial charge in [-0.3, -0.25) is 0 Å². The summed E-state index contributed by atoms with van der Waals surface area (Å²) in [5.41, 5.74) is 0. The fraction of sp³-hybridized carbons (Fsp3) is 0.636. The summed E-state index contributed by atoms with van der Waals surface area (Å²) in [6, 6.07) is 1.45. The van der Waals surface area contributed by atoms with E-state index in [4.69, 9.17) is 11.6 Å². The lowest BCUT2D eigenvalue weighted by Gasteiger charge is -2.25. The third-order valence-electron chi connectivity index (χ3n) is 3.27. The predicted molar refractivity (Wildman–Crippen MR) is 80.2 cm³/mol. The minimum Gasteiger partial charge on any atom is -0.393 e. The van der Waals surface area contributed by atoms with Crippen LogP contribution in [-0.2, 0) is 10.0 Å². The van der Waals surface area contributed by atoms with Crippen molar-refractivity contribution in [1.82, 2.24) is 4.72 Å². The molecule has 0 saturated heterocycles. The van der Waals surface area contributed by atoms with E-state index in [2.05, 4.69) is 20.7 Å². The number of thiophene rings is 1. The van der Waals surface area contributed by atoms with Gasteiger partial charge in [0.05, 0.1) is 14.9 Å². The highest BCUT2D eigenvalue weighted by Crippen LogP contribution is 2.34. The van der Waals surface area contributed by atoms with Crippen LogP contribution in [0, 0.1) is 5.92 Å². The van der Waals surface area contributed by atoms with Gasteiger partial charge < -0.3 is 5.11 Å². The van der Waals surface area contributed by atoms with Crippen molar-refractivity contribution >= 4 is 48.9 Å². The van der Waals surface area contributed by atoms with Crippen LogP contribution in [0.15, 0.2) is 14.1 Å². The molecule has 4 nitrogen and oxygen atoms in total. The predicted octanol–water partition coefficient (Wildman–Crippen LogP) is 2.99. The van der Waals surface area contributed by atoms with Gasteiger partial charge >= 0.3 is 0 Å². The lowest BCUT2D eigenvalue weighted by atomic mass is 9.88. The van der Waals surface area contributed by atoms with E-state index in [1.807, 2.05) is 0 Å². The van der Waals surface area contributed by atoms with Crippen molar-refractivity contribution in [3.8, 4) is 0 Å². The molecule has 0 radical (unpaired) electrons. The molecule has 1 aliphatic carbocycles. The largest absolute Gasteiger partial charge is 0.393 e. The normalized spacial score (nSPS) is 24.6. The van der Waals surface area contributed by atoms with E-state index in [0.29, 0.717) is 21.3 Å². The lowest BCUT2D eigenvalue weighted by molar-refractivity contribution is 0.110.